The molecule has 0 aliphatic heterocycles. The molecule has 7 nitrogen and oxygen atoms in total. The third-order valence-electron chi connectivity index (χ3n) is 5.64. The van der Waals surface area contributed by atoms with Gasteiger partial charge in [-0.15, -0.1) is 34.2 Å². The van der Waals surface area contributed by atoms with Crippen molar-refractivity contribution in [2.75, 3.05) is 20.3 Å². The van der Waals surface area contributed by atoms with Gasteiger partial charge in [-0.25, -0.2) is 4.99 Å². The summed E-state index contributed by atoms with van der Waals surface area (Å²) in [6, 6.07) is 10.6. The van der Waals surface area contributed by atoms with Crippen molar-refractivity contribution in [3.8, 4) is 0 Å². The number of aromatic nitrogens is 3. The number of nitrogens with zero attached hydrogens (tertiary/aromatic N) is 4. The highest BCUT2D eigenvalue weighted by molar-refractivity contribution is 14.0. The van der Waals surface area contributed by atoms with Crippen molar-refractivity contribution >= 4 is 29.9 Å². The fourth-order valence-electron chi connectivity index (χ4n) is 3.20. The highest BCUT2D eigenvalue weighted by atomic mass is 127. The molecule has 1 fully saturated rings. The van der Waals surface area contributed by atoms with Crippen LogP contribution in [0.4, 0.5) is 0 Å². The van der Waals surface area contributed by atoms with Gasteiger partial charge in [0.25, 0.3) is 0 Å². The number of benzene rings is 1. The summed E-state index contributed by atoms with van der Waals surface area (Å²) in [6.07, 6.45) is 3.57. The number of halogens is 1. The Kier molecular flexibility index (Phi) is 8.88. The Morgan fingerprint density at radius 2 is 2.00 bits per heavy atom. The van der Waals surface area contributed by atoms with Crippen LogP contribution in [0.1, 0.15) is 49.4 Å². The normalized spacial score (nSPS) is 16.1. The van der Waals surface area contributed by atoms with Crippen LogP contribution in [0.3, 0.4) is 0 Å². The molecule has 1 aromatic heterocycles. The molecule has 2 N–H and O–H groups in total. The van der Waals surface area contributed by atoms with Crippen LogP contribution in [-0.2, 0) is 18.3 Å². The van der Waals surface area contributed by atoms with Gasteiger partial charge in [0.1, 0.15) is 12.4 Å². The summed E-state index contributed by atoms with van der Waals surface area (Å²) in [7, 11) is 3.74. The molecule has 0 spiro atoms. The summed E-state index contributed by atoms with van der Waals surface area (Å²) in [5.74, 6) is 2.55. The number of rotatable bonds is 9. The Hall–Kier alpha value is -1.68. The quantitative estimate of drug-likeness (QED) is 0.306. The molecule has 1 aliphatic carbocycles. The van der Waals surface area contributed by atoms with Crippen molar-refractivity contribution in [1.29, 1.82) is 0 Å². The number of guanidine groups is 1. The van der Waals surface area contributed by atoms with E-state index in [1.807, 2.05) is 24.6 Å². The lowest BCUT2D eigenvalue weighted by atomic mass is 10.0. The smallest absolute Gasteiger partial charge is 0.192 e. The van der Waals surface area contributed by atoms with Gasteiger partial charge < -0.3 is 19.9 Å². The summed E-state index contributed by atoms with van der Waals surface area (Å²) in [5, 5.41) is 15.4. The molecule has 1 aromatic carbocycles. The standard InChI is InChI=1S/C21H32N6O.HI/c1-16(18-8-6-5-7-9-18)24-20(22-14-19-26-25-17(2)27(19)3)23-15-21(10-11-21)12-13-28-4;/h5-9,16H,10-15H2,1-4H3,(H2,22,23,24);1H. The number of hydrogen-bond acceptors (Lipinski definition) is 4. The monoisotopic (exact) mass is 512 g/mol. The van der Waals surface area contributed by atoms with Crippen LogP contribution >= 0.6 is 24.0 Å². The van der Waals surface area contributed by atoms with Gasteiger partial charge >= 0.3 is 0 Å². The molecule has 1 aliphatic rings. The zero-order chi connectivity index (χ0) is 20.0. The second-order valence-electron chi connectivity index (χ2n) is 7.76. The average molecular weight is 512 g/mol. The average Bonchev–Trinajstić information content (AvgIpc) is 3.43. The Labute approximate surface area is 190 Å². The first-order valence-corrected chi connectivity index (χ1v) is 9.97. The lowest BCUT2D eigenvalue weighted by Crippen LogP contribution is -2.41. The van der Waals surface area contributed by atoms with Gasteiger partial charge in [-0.3, -0.25) is 0 Å². The van der Waals surface area contributed by atoms with E-state index in [0.717, 1.165) is 37.2 Å². The van der Waals surface area contributed by atoms with Crippen LogP contribution in [0.25, 0.3) is 0 Å². The van der Waals surface area contributed by atoms with E-state index in [0.29, 0.717) is 12.0 Å². The van der Waals surface area contributed by atoms with Crippen molar-refractivity contribution in [3.05, 3.63) is 47.5 Å². The molecule has 1 atom stereocenters. The Morgan fingerprint density at radius 1 is 1.28 bits per heavy atom. The number of nitrogens with one attached hydrogen (secondary N) is 2. The van der Waals surface area contributed by atoms with E-state index in [2.05, 4.69) is 52.0 Å². The van der Waals surface area contributed by atoms with Gasteiger partial charge in [0.2, 0.25) is 0 Å². The summed E-state index contributed by atoms with van der Waals surface area (Å²) >= 11 is 0. The Morgan fingerprint density at radius 3 is 2.59 bits per heavy atom. The minimum absolute atomic E-state index is 0. The van der Waals surface area contributed by atoms with Crippen LogP contribution in [0.2, 0.25) is 0 Å². The van der Waals surface area contributed by atoms with Gasteiger partial charge in [0.05, 0.1) is 6.04 Å². The molecule has 160 valence electrons. The molecule has 1 unspecified atom stereocenters. The molecular weight excluding hydrogens is 479 g/mol. The fraction of sp³-hybridized carbons (Fsp3) is 0.571. The van der Waals surface area contributed by atoms with E-state index in [-0.39, 0.29) is 30.0 Å². The minimum atomic E-state index is 0. The molecule has 8 heteroatoms. The highest BCUT2D eigenvalue weighted by Gasteiger charge is 2.41. The molecule has 0 bridgehead atoms. The molecular formula is C21H33IN6O. The maximum atomic E-state index is 5.28. The summed E-state index contributed by atoms with van der Waals surface area (Å²) in [4.78, 5) is 4.78. The van der Waals surface area contributed by atoms with E-state index in [4.69, 9.17) is 9.73 Å². The Balaban J connectivity index is 0.00000300. The summed E-state index contributed by atoms with van der Waals surface area (Å²) in [6.45, 7) is 6.29. The van der Waals surface area contributed by atoms with E-state index in [9.17, 15) is 0 Å². The number of aliphatic imine (C=N–C) groups is 1. The zero-order valence-corrected chi connectivity index (χ0v) is 20.1. The van der Waals surface area contributed by atoms with Crippen LogP contribution < -0.4 is 10.6 Å². The second-order valence-corrected chi connectivity index (χ2v) is 7.76. The maximum Gasteiger partial charge on any atom is 0.192 e. The molecule has 0 saturated heterocycles. The highest BCUT2D eigenvalue weighted by Crippen LogP contribution is 2.48. The zero-order valence-electron chi connectivity index (χ0n) is 17.8. The van der Waals surface area contributed by atoms with Gasteiger partial charge in [-0.2, -0.15) is 0 Å². The first-order valence-electron chi connectivity index (χ1n) is 9.97. The van der Waals surface area contributed by atoms with Crippen LogP contribution in [0.15, 0.2) is 35.3 Å². The molecule has 0 amide bonds. The van der Waals surface area contributed by atoms with E-state index >= 15 is 0 Å². The predicted molar refractivity (Wildman–Crippen MR) is 126 cm³/mol. The van der Waals surface area contributed by atoms with Gasteiger partial charge in [-0.1, -0.05) is 30.3 Å². The largest absolute Gasteiger partial charge is 0.385 e. The number of methoxy groups -OCH3 is 1. The van der Waals surface area contributed by atoms with Crippen molar-refractivity contribution in [3.63, 3.8) is 0 Å². The Bertz CT molecular complexity index is 788. The van der Waals surface area contributed by atoms with Crippen LogP contribution in [0.5, 0.6) is 0 Å². The third-order valence-corrected chi connectivity index (χ3v) is 5.64. The van der Waals surface area contributed by atoms with Crippen molar-refractivity contribution in [2.45, 2.75) is 45.7 Å². The molecule has 1 saturated carbocycles. The van der Waals surface area contributed by atoms with Gasteiger partial charge in [-0.05, 0) is 44.1 Å². The first-order chi connectivity index (χ1) is 13.5. The van der Waals surface area contributed by atoms with Crippen LogP contribution in [-0.4, -0.2) is 41.0 Å². The third kappa shape index (κ3) is 6.67. The van der Waals surface area contributed by atoms with Crippen molar-refractivity contribution in [1.82, 2.24) is 25.4 Å². The summed E-state index contributed by atoms with van der Waals surface area (Å²) < 4.78 is 7.25. The number of hydrogen-bond donors (Lipinski definition) is 2. The van der Waals surface area contributed by atoms with Crippen molar-refractivity contribution in [2.24, 2.45) is 17.5 Å². The number of aryl methyl sites for hydroxylation is 1. The van der Waals surface area contributed by atoms with E-state index < -0.39 is 0 Å². The minimum Gasteiger partial charge on any atom is -0.385 e. The SMILES string of the molecule is COCCC1(CNC(=NCc2nnc(C)n2C)NC(C)c2ccccc2)CC1.I. The molecule has 3 rings (SSSR count). The molecule has 2 aromatic rings. The van der Waals surface area contributed by atoms with E-state index in [1.165, 1.54) is 18.4 Å². The summed E-state index contributed by atoms with van der Waals surface area (Å²) in [5.41, 5.74) is 1.57. The molecule has 1 heterocycles. The maximum absolute atomic E-state index is 5.28. The fourth-order valence-corrected chi connectivity index (χ4v) is 3.20. The van der Waals surface area contributed by atoms with Gasteiger partial charge in [0.15, 0.2) is 11.8 Å². The lowest BCUT2D eigenvalue weighted by molar-refractivity contribution is 0.172. The predicted octanol–water partition coefficient (Wildman–Crippen LogP) is 3.35. The topological polar surface area (TPSA) is 76.4 Å². The first kappa shape index (κ1) is 23.6. The van der Waals surface area contributed by atoms with Crippen LogP contribution in [0, 0.1) is 12.3 Å². The van der Waals surface area contributed by atoms with Crippen molar-refractivity contribution < 1.29 is 4.74 Å². The lowest BCUT2D eigenvalue weighted by Gasteiger charge is -2.22. The molecule has 0 radical (unpaired) electrons. The van der Waals surface area contributed by atoms with E-state index in [1.54, 1.807) is 7.11 Å². The second kappa shape index (κ2) is 10.9. The van der Waals surface area contributed by atoms with Gasteiger partial charge in [0, 0.05) is 27.3 Å². The molecule has 29 heavy (non-hydrogen) atoms. The number of ether oxygens (including phenoxy) is 1.